The minimum Gasteiger partial charge on any atom is -0.0996 e. The second kappa shape index (κ2) is 3.73. The number of allylic oxidation sites excluding steroid dienone is 4. The quantitative estimate of drug-likeness (QED) is 0.438. The normalized spacial score (nSPS) is 12.1. The zero-order valence-electron chi connectivity index (χ0n) is 4.52. The fourth-order valence-corrected chi connectivity index (χ4v) is 0.377. The topological polar surface area (TPSA) is 0 Å². The molecule has 0 aromatic rings. The van der Waals surface area contributed by atoms with Crippen LogP contribution in [0, 0.1) is 0 Å². The van der Waals surface area contributed by atoms with Gasteiger partial charge in [0.05, 0.1) is 0 Å². The second-order valence-corrected chi connectivity index (χ2v) is 2.07. The van der Waals surface area contributed by atoms with Gasteiger partial charge in [0.2, 0.25) is 0 Å². The average Bonchev–Trinajstić information content (AvgIpc) is 1.84. The summed E-state index contributed by atoms with van der Waals surface area (Å²) in [4.78, 5) is 0. The van der Waals surface area contributed by atoms with Gasteiger partial charge >= 0.3 is 0 Å². The molecule has 0 aliphatic rings. The molecule has 2 radical (unpaired) electrons. The summed E-state index contributed by atoms with van der Waals surface area (Å²) in [6.07, 6.45) is 3.18. The Bertz CT molecular complexity index is 119. The van der Waals surface area contributed by atoms with Gasteiger partial charge in [-0.2, -0.15) is 0 Å². The summed E-state index contributed by atoms with van der Waals surface area (Å²) in [5.41, 5.74) is 0.611. The summed E-state index contributed by atoms with van der Waals surface area (Å²) < 4.78 is 0.785. The zero-order valence-corrected chi connectivity index (χ0v) is 6.11. The molecule has 0 spiro atoms. The van der Waals surface area contributed by atoms with Crippen molar-refractivity contribution in [2.45, 2.75) is 0 Å². The maximum atomic E-state index is 5.37. The van der Waals surface area contributed by atoms with Gasteiger partial charge in [0.1, 0.15) is 7.85 Å². The maximum Gasteiger partial charge on any atom is 0.115 e. The minimum absolute atomic E-state index is 0.611. The Kier molecular flexibility index (Phi) is 3.62. The molecule has 0 rings (SSSR count). The van der Waals surface area contributed by atoms with Gasteiger partial charge in [-0.05, 0) is 0 Å². The van der Waals surface area contributed by atoms with E-state index in [0.29, 0.717) is 5.47 Å². The minimum atomic E-state index is 0.611. The smallest absolute Gasteiger partial charge is 0.0996 e. The standard InChI is InChI=1S/C6H6BBr/c1-3-5(7)6(8)4-2/h3-4H,1-2H2/b6-5-. The molecular weight excluding hydrogens is 163 g/mol. The molecule has 2 heteroatoms. The Hall–Kier alpha value is -0.235. The molecule has 0 heterocycles. The van der Waals surface area contributed by atoms with E-state index in [9.17, 15) is 0 Å². The fraction of sp³-hybridized carbons (Fsp3) is 0. The molecule has 0 aliphatic heterocycles. The van der Waals surface area contributed by atoms with Gasteiger partial charge in [0, 0.05) is 4.48 Å². The van der Waals surface area contributed by atoms with E-state index in [2.05, 4.69) is 29.1 Å². The summed E-state index contributed by atoms with van der Waals surface area (Å²) >= 11 is 3.17. The molecule has 0 aromatic heterocycles. The summed E-state index contributed by atoms with van der Waals surface area (Å²) in [7, 11) is 5.37. The molecule has 0 unspecified atom stereocenters. The maximum absolute atomic E-state index is 5.37. The van der Waals surface area contributed by atoms with Crippen LogP contribution in [0.15, 0.2) is 35.3 Å². The Morgan fingerprint density at radius 2 is 1.88 bits per heavy atom. The molecule has 0 atom stereocenters. The molecule has 0 aromatic carbocycles. The Morgan fingerprint density at radius 3 is 2.00 bits per heavy atom. The molecule has 0 nitrogen and oxygen atoms in total. The van der Waals surface area contributed by atoms with Crippen molar-refractivity contribution in [1.82, 2.24) is 0 Å². The molecule has 0 saturated heterocycles. The van der Waals surface area contributed by atoms with Crippen molar-refractivity contribution in [3.8, 4) is 0 Å². The molecule has 0 saturated carbocycles. The third-order valence-electron chi connectivity index (χ3n) is 0.675. The molecule has 40 valence electrons. The van der Waals surface area contributed by atoms with Crippen molar-refractivity contribution >= 4 is 23.8 Å². The van der Waals surface area contributed by atoms with Crippen LogP contribution in [-0.4, -0.2) is 7.85 Å². The highest BCUT2D eigenvalue weighted by molar-refractivity contribution is 9.12. The van der Waals surface area contributed by atoms with Crippen LogP contribution in [0.5, 0.6) is 0 Å². The molecule has 0 N–H and O–H groups in total. The first-order valence-electron chi connectivity index (χ1n) is 2.12. The Labute approximate surface area is 59.5 Å². The average molecular weight is 169 g/mol. The molecule has 0 fully saturated rings. The first-order valence-corrected chi connectivity index (χ1v) is 2.91. The van der Waals surface area contributed by atoms with Crippen LogP contribution in [0.25, 0.3) is 0 Å². The van der Waals surface area contributed by atoms with Crippen LogP contribution in [0.3, 0.4) is 0 Å². The lowest BCUT2D eigenvalue weighted by Crippen LogP contribution is -1.74. The highest BCUT2D eigenvalue weighted by Crippen LogP contribution is 2.09. The summed E-state index contributed by atoms with van der Waals surface area (Å²) in [6.45, 7) is 6.97. The Morgan fingerprint density at radius 1 is 1.38 bits per heavy atom. The van der Waals surface area contributed by atoms with Crippen LogP contribution in [0.1, 0.15) is 0 Å². The first-order chi connectivity index (χ1) is 3.72. The number of hydrogen-bond donors (Lipinski definition) is 0. The van der Waals surface area contributed by atoms with Crippen LogP contribution < -0.4 is 0 Å². The highest BCUT2D eigenvalue weighted by atomic mass is 79.9. The predicted octanol–water partition coefficient (Wildman–Crippen LogP) is 2.13. The number of hydrogen-bond acceptors (Lipinski definition) is 0. The lowest BCUT2D eigenvalue weighted by molar-refractivity contribution is 1.86. The number of halogens is 1. The molecule has 0 amide bonds. The van der Waals surface area contributed by atoms with E-state index < -0.39 is 0 Å². The third-order valence-corrected chi connectivity index (χ3v) is 1.46. The number of rotatable bonds is 2. The lowest BCUT2D eigenvalue weighted by atomic mass is 9.96. The van der Waals surface area contributed by atoms with Crippen molar-refractivity contribution in [2.75, 3.05) is 0 Å². The van der Waals surface area contributed by atoms with E-state index in [-0.39, 0.29) is 0 Å². The van der Waals surface area contributed by atoms with Crippen molar-refractivity contribution in [1.29, 1.82) is 0 Å². The van der Waals surface area contributed by atoms with E-state index in [1.54, 1.807) is 12.2 Å². The van der Waals surface area contributed by atoms with Gasteiger partial charge in [-0.3, -0.25) is 0 Å². The first kappa shape index (κ1) is 7.76. The van der Waals surface area contributed by atoms with E-state index >= 15 is 0 Å². The Balaban J connectivity index is 4.25. The van der Waals surface area contributed by atoms with Gasteiger partial charge < -0.3 is 0 Å². The van der Waals surface area contributed by atoms with Gasteiger partial charge in [0.15, 0.2) is 0 Å². The summed E-state index contributed by atoms with van der Waals surface area (Å²) in [5.74, 6) is 0. The highest BCUT2D eigenvalue weighted by Gasteiger charge is 1.84. The molecule has 0 bridgehead atoms. The van der Waals surface area contributed by atoms with Crippen molar-refractivity contribution in [3.63, 3.8) is 0 Å². The monoisotopic (exact) mass is 168 g/mol. The molecule has 0 aliphatic carbocycles. The van der Waals surface area contributed by atoms with Crippen LogP contribution in [-0.2, 0) is 0 Å². The third kappa shape index (κ3) is 2.17. The van der Waals surface area contributed by atoms with Crippen LogP contribution in [0.2, 0.25) is 0 Å². The fourth-order valence-electron chi connectivity index (χ4n) is 0.215. The van der Waals surface area contributed by atoms with Gasteiger partial charge in [-0.25, -0.2) is 0 Å². The summed E-state index contributed by atoms with van der Waals surface area (Å²) in [5, 5.41) is 0. The zero-order chi connectivity index (χ0) is 6.57. The molecular formula is C6H6BBr. The largest absolute Gasteiger partial charge is 0.115 e. The van der Waals surface area contributed by atoms with E-state index in [1.165, 1.54) is 0 Å². The van der Waals surface area contributed by atoms with Crippen molar-refractivity contribution < 1.29 is 0 Å². The van der Waals surface area contributed by atoms with E-state index in [1.807, 2.05) is 0 Å². The van der Waals surface area contributed by atoms with Gasteiger partial charge in [-0.15, -0.1) is 0 Å². The second-order valence-electron chi connectivity index (χ2n) is 1.21. The van der Waals surface area contributed by atoms with Crippen molar-refractivity contribution in [2.24, 2.45) is 0 Å². The van der Waals surface area contributed by atoms with Gasteiger partial charge in [0.25, 0.3) is 0 Å². The summed E-state index contributed by atoms with van der Waals surface area (Å²) in [6, 6.07) is 0. The van der Waals surface area contributed by atoms with Gasteiger partial charge in [-0.1, -0.05) is 46.7 Å². The van der Waals surface area contributed by atoms with Crippen LogP contribution >= 0.6 is 15.9 Å². The SMILES string of the molecule is [B]/C(C=C)=C(\Br)C=C. The molecule has 8 heavy (non-hydrogen) atoms. The predicted molar refractivity (Wildman–Crippen MR) is 42.1 cm³/mol. The van der Waals surface area contributed by atoms with E-state index in [4.69, 9.17) is 7.85 Å². The van der Waals surface area contributed by atoms with Crippen LogP contribution in [0.4, 0.5) is 0 Å². The van der Waals surface area contributed by atoms with E-state index in [0.717, 1.165) is 4.48 Å². The van der Waals surface area contributed by atoms with Crippen molar-refractivity contribution in [3.05, 3.63) is 35.3 Å². The lowest BCUT2D eigenvalue weighted by Gasteiger charge is -1.90.